The number of nitrogens with one attached hydrogen (secondary N) is 1. The predicted molar refractivity (Wildman–Crippen MR) is 70.6 cm³/mol. The zero-order chi connectivity index (χ0) is 13.1. The van der Waals surface area contributed by atoms with Crippen LogP contribution in [0.5, 0.6) is 5.75 Å². The lowest BCUT2D eigenvalue weighted by Crippen LogP contribution is -2.34. The van der Waals surface area contributed by atoms with Gasteiger partial charge in [0.25, 0.3) is 0 Å². The predicted octanol–water partition coefficient (Wildman–Crippen LogP) is 2.13. The number of hydrogen-bond acceptors (Lipinski definition) is 3. The molecule has 96 valence electrons. The molecule has 17 heavy (non-hydrogen) atoms. The van der Waals surface area contributed by atoms with Crippen molar-refractivity contribution in [3.8, 4) is 5.75 Å². The average Bonchev–Trinajstić information content (AvgIpc) is 2.29. The second-order valence-electron chi connectivity index (χ2n) is 5.03. The molecule has 0 amide bonds. The zero-order valence-electron chi connectivity index (χ0n) is 11.4. The van der Waals surface area contributed by atoms with Crippen molar-refractivity contribution in [3.63, 3.8) is 0 Å². The van der Waals surface area contributed by atoms with Gasteiger partial charge >= 0.3 is 0 Å². The molecule has 0 aliphatic rings. The molecule has 0 atom stereocenters. The van der Waals surface area contributed by atoms with Gasteiger partial charge in [0.15, 0.2) is 0 Å². The van der Waals surface area contributed by atoms with E-state index in [0.717, 1.165) is 12.3 Å². The molecule has 0 heterocycles. The third kappa shape index (κ3) is 2.99. The number of methoxy groups -OCH3 is 1. The fraction of sp³-hybridized carbons (Fsp3) is 0.571. The van der Waals surface area contributed by atoms with E-state index in [2.05, 4.69) is 39.1 Å². The summed E-state index contributed by atoms with van der Waals surface area (Å²) in [6.07, 6.45) is 0. The van der Waals surface area contributed by atoms with Crippen LogP contribution in [0, 0.1) is 13.8 Å². The van der Waals surface area contributed by atoms with Gasteiger partial charge in [-0.05, 0) is 36.6 Å². The van der Waals surface area contributed by atoms with Crippen molar-refractivity contribution in [2.24, 2.45) is 0 Å². The molecule has 0 spiro atoms. The van der Waals surface area contributed by atoms with Crippen molar-refractivity contribution in [1.29, 1.82) is 0 Å². The number of aliphatic hydroxyl groups is 1. The molecule has 3 heteroatoms. The van der Waals surface area contributed by atoms with Gasteiger partial charge in [0, 0.05) is 12.0 Å². The Morgan fingerprint density at radius 3 is 2.41 bits per heavy atom. The Bertz CT molecular complexity index is 386. The largest absolute Gasteiger partial charge is 0.496 e. The molecule has 0 unspecified atom stereocenters. The monoisotopic (exact) mass is 237 g/mol. The van der Waals surface area contributed by atoms with Crippen molar-refractivity contribution >= 4 is 0 Å². The van der Waals surface area contributed by atoms with E-state index in [1.165, 1.54) is 16.7 Å². The van der Waals surface area contributed by atoms with E-state index in [1.807, 2.05) is 6.07 Å². The molecule has 1 rings (SSSR count). The zero-order valence-corrected chi connectivity index (χ0v) is 11.4. The first-order valence-corrected chi connectivity index (χ1v) is 5.90. The maximum atomic E-state index is 8.85. The second-order valence-corrected chi connectivity index (χ2v) is 5.03. The molecule has 1 aromatic carbocycles. The van der Waals surface area contributed by atoms with Gasteiger partial charge in [-0.3, -0.25) is 5.32 Å². The van der Waals surface area contributed by atoms with Crippen LogP contribution in [0.4, 0.5) is 0 Å². The van der Waals surface area contributed by atoms with Crippen molar-refractivity contribution in [2.45, 2.75) is 33.1 Å². The lowest BCUT2D eigenvalue weighted by atomic mass is 9.80. The highest BCUT2D eigenvalue weighted by Crippen LogP contribution is 2.31. The highest BCUT2D eigenvalue weighted by Gasteiger charge is 2.23. The van der Waals surface area contributed by atoms with Crippen LogP contribution < -0.4 is 10.1 Å². The van der Waals surface area contributed by atoms with Crippen LogP contribution in [0.2, 0.25) is 0 Å². The Labute approximate surface area is 104 Å². The maximum absolute atomic E-state index is 8.85. The lowest BCUT2D eigenvalue weighted by molar-refractivity contribution is 0.247. The molecule has 0 aliphatic carbocycles. The van der Waals surface area contributed by atoms with E-state index in [-0.39, 0.29) is 12.1 Å². The van der Waals surface area contributed by atoms with Crippen LogP contribution in [-0.2, 0) is 5.41 Å². The van der Waals surface area contributed by atoms with Crippen molar-refractivity contribution in [2.75, 3.05) is 20.4 Å². The molecule has 1 aromatic rings. The van der Waals surface area contributed by atoms with Gasteiger partial charge in [-0.1, -0.05) is 19.9 Å². The van der Waals surface area contributed by atoms with Crippen LogP contribution in [0.3, 0.4) is 0 Å². The summed E-state index contributed by atoms with van der Waals surface area (Å²) in [5.74, 6) is 0.928. The quantitative estimate of drug-likeness (QED) is 0.771. The molecule has 0 bridgehead atoms. The Morgan fingerprint density at radius 1 is 1.24 bits per heavy atom. The molecular weight excluding hydrogens is 214 g/mol. The lowest BCUT2D eigenvalue weighted by Gasteiger charge is -2.28. The van der Waals surface area contributed by atoms with Gasteiger partial charge in [0.05, 0.1) is 13.8 Å². The van der Waals surface area contributed by atoms with E-state index in [9.17, 15) is 0 Å². The standard InChI is InChI=1S/C14H23NO2/c1-10-11(2)13(17-5)7-6-12(10)14(3,4)8-15-9-16/h6-7,15-16H,8-9H2,1-5H3. The molecule has 3 nitrogen and oxygen atoms in total. The molecule has 0 fully saturated rings. The topological polar surface area (TPSA) is 41.5 Å². The van der Waals surface area contributed by atoms with E-state index < -0.39 is 0 Å². The summed E-state index contributed by atoms with van der Waals surface area (Å²) in [4.78, 5) is 0. The second kappa shape index (κ2) is 5.52. The molecule has 0 radical (unpaired) electrons. The SMILES string of the molecule is COc1ccc(C(C)(C)CNCO)c(C)c1C. The minimum Gasteiger partial charge on any atom is -0.496 e. The first kappa shape index (κ1) is 14.0. The number of benzene rings is 1. The smallest absolute Gasteiger partial charge is 0.122 e. The molecule has 0 saturated heterocycles. The van der Waals surface area contributed by atoms with Gasteiger partial charge in [0.1, 0.15) is 5.75 Å². The number of aliphatic hydroxyl groups excluding tert-OH is 1. The molecule has 0 aromatic heterocycles. The van der Waals surface area contributed by atoms with Crippen LogP contribution in [0.15, 0.2) is 12.1 Å². The van der Waals surface area contributed by atoms with Crippen LogP contribution >= 0.6 is 0 Å². The molecule has 2 N–H and O–H groups in total. The fourth-order valence-corrected chi connectivity index (χ4v) is 2.21. The maximum Gasteiger partial charge on any atom is 0.122 e. The van der Waals surface area contributed by atoms with Crippen LogP contribution in [0.1, 0.15) is 30.5 Å². The van der Waals surface area contributed by atoms with Gasteiger partial charge in [0.2, 0.25) is 0 Å². The van der Waals surface area contributed by atoms with E-state index in [1.54, 1.807) is 7.11 Å². The highest BCUT2D eigenvalue weighted by atomic mass is 16.5. The fourth-order valence-electron chi connectivity index (χ4n) is 2.21. The van der Waals surface area contributed by atoms with Crippen molar-refractivity contribution < 1.29 is 9.84 Å². The first-order valence-electron chi connectivity index (χ1n) is 5.90. The van der Waals surface area contributed by atoms with E-state index in [0.29, 0.717) is 0 Å². The first-order chi connectivity index (χ1) is 7.94. The third-order valence-corrected chi connectivity index (χ3v) is 3.37. The summed E-state index contributed by atoms with van der Waals surface area (Å²) in [5, 5.41) is 11.8. The third-order valence-electron chi connectivity index (χ3n) is 3.37. The summed E-state index contributed by atoms with van der Waals surface area (Å²) in [7, 11) is 1.69. The highest BCUT2D eigenvalue weighted by molar-refractivity contribution is 5.46. The van der Waals surface area contributed by atoms with Gasteiger partial charge in [-0.2, -0.15) is 0 Å². The van der Waals surface area contributed by atoms with Crippen molar-refractivity contribution in [1.82, 2.24) is 5.32 Å². The van der Waals surface area contributed by atoms with Crippen LogP contribution in [0.25, 0.3) is 0 Å². The Balaban J connectivity index is 3.10. The van der Waals surface area contributed by atoms with Gasteiger partial charge < -0.3 is 9.84 Å². The van der Waals surface area contributed by atoms with E-state index >= 15 is 0 Å². The minimum atomic E-state index is -0.0101. The normalized spacial score (nSPS) is 11.6. The van der Waals surface area contributed by atoms with E-state index in [4.69, 9.17) is 9.84 Å². The number of rotatable bonds is 5. The summed E-state index contributed by atoms with van der Waals surface area (Å²) in [6.45, 7) is 9.29. The summed E-state index contributed by atoms with van der Waals surface area (Å²) >= 11 is 0. The van der Waals surface area contributed by atoms with Gasteiger partial charge in [-0.25, -0.2) is 0 Å². The Kier molecular flexibility index (Phi) is 4.54. The number of ether oxygens (including phenoxy) is 1. The Hall–Kier alpha value is -1.06. The van der Waals surface area contributed by atoms with Crippen molar-refractivity contribution in [3.05, 3.63) is 28.8 Å². The molecule has 0 aliphatic heterocycles. The van der Waals surface area contributed by atoms with Gasteiger partial charge in [-0.15, -0.1) is 0 Å². The Morgan fingerprint density at radius 2 is 1.88 bits per heavy atom. The summed E-state index contributed by atoms with van der Waals surface area (Å²) in [5.41, 5.74) is 3.72. The molecule has 0 saturated carbocycles. The number of hydrogen-bond donors (Lipinski definition) is 2. The molecular formula is C14H23NO2. The summed E-state index contributed by atoms with van der Waals surface area (Å²) in [6, 6.07) is 4.12. The van der Waals surface area contributed by atoms with Crippen LogP contribution in [-0.4, -0.2) is 25.5 Å². The minimum absolute atomic E-state index is 0.0101. The summed E-state index contributed by atoms with van der Waals surface area (Å²) < 4.78 is 5.32. The average molecular weight is 237 g/mol.